The molecule has 0 amide bonds. The van der Waals surface area contributed by atoms with Crippen LogP contribution in [0.5, 0.6) is 0 Å². The molecule has 2 unspecified atom stereocenters. The van der Waals surface area contributed by atoms with Crippen LogP contribution in [0.2, 0.25) is 0 Å². The van der Waals surface area contributed by atoms with E-state index in [1.807, 2.05) is 13.0 Å². The number of hydrogen-bond donors (Lipinski definition) is 0. The second-order valence-corrected chi connectivity index (χ2v) is 5.07. The van der Waals surface area contributed by atoms with Crippen LogP contribution in [0.1, 0.15) is 31.7 Å². The molecular weight excluding hydrogens is 188 g/mol. The van der Waals surface area contributed by atoms with Gasteiger partial charge >= 0.3 is 0 Å². The van der Waals surface area contributed by atoms with Gasteiger partial charge in [0.15, 0.2) is 0 Å². The van der Waals surface area contributed by atoms with Crippen molar-refractivity contribution in [1.29, 1.82) is 0 Å². The van der Waals surface area contributed by atoms with Crippen LogP contribution in [-0.2, 0) is 6.54 Å². The van der Waals surface area contributed by atoms with Gasteiger partial charge in [0.05, 0.1) is 5.69 Å². The number of likely N-dealkylation sites (tertiary alicyclic amines) is 1. The highest BCUT2D eigenvalue weighted by atomic mass is 16.5. The zero-order chi connectivity index (χ0) is 10.8. The van der Waals surface area contributed by atoms with Crippen molar-refractivity contribution in [2.24, 2.45) is 11.8 Å². The van der Waals surface area contributed by atoms with Crippen LogP contribution in [0.4, 0.5) is 0 Å². The van der Waals surface area contributed by atoms with Crippen molar-refractivity contribution in [2.75, 3.05) is 13.1 Å². The van der Waals surface area contributed by atoms with Gasteiger partial charge in [-0.2, -0.15) is 0 Å². The predicted octanol–water partition coefficient (Wildman–Crippen LogP) is 2.46. The Morgan fingerprint density at radius 2 is 2.07 bits per heavy atom. The molecule has 0 bridgehead atoms. The lowest BCUT2D eigenvalue weighted by atomic mass is 9.92. The van der Waals surface area contributed by atoms with Crippen LogP contribution >= 0.6 is 0 Å². The van der Waals surface area contributed by atoms with E-state index in [0.29, 0.717) is 0 Å². The Balaban J connectivity index is 1.94. The molecule has 3 nitrogen and oxygen atoms in total. The maximum atomic E-state index is 5.08. The average Bonchev–Trinajstić information content (AvgIpc) is 2.49. The highest BCUT2D eigenvalue weighted by Gasteiger charge is 2.22. The molecule has 0 radical (unpaired) electrons. The minimum Gasteiger partial charge on any atom is -0.361 e. The Kier molecular flexibility index (Phi) is 3.10. The Bertz CT molecular complexity index is 311. The summed E-state index contributed by atoms with van der Waals surface area (Å²) in [6.07, 6.45) is 1.36. The molecule has 1 aliphatic heterocycles. The van der Waals surface area contributed by atoms with Gasteiger partial charge in [-0.15, -0.1) is 0 Å². The van der Waals surface area contributed by atoms with Crippen LogP contribution in [0.15, 0.2) is 10.6 Å². The summed E-state index contributed by atoms with van der Waals surface area (Å²) in [5.41, 5.74) is 1.06. The fourth-order valence-electron chi connectivity index (χ4n) is 2.64. The topological polar surface area (TPSA) is 29.3 Å². The Morgan fingerprint density at radius 1 is 1.40 bits per heavy atom. The van der Waals surface area contributed by atoms with E-state index in [9.17, 15) is 0 Å². The summed E-state index contributed by atoms with van der Waals surface area (Å²) in [4.78, 5) is 2.48. The van der Waals surface area contributed by atoms with Crippen LogP contribution in [0, 0.1) is 18.8 Å². The molecule has 0 aromatic carbocycles. The van der Waals surface area contributed by atoms with E-state index in [4.69, 9.17) is 4.52 Å². The Hall–Kier alpha value is -0.830. The summed E-state index contributed by atoms with van der Waals surface area (Å²) >= 11 is 0. The van der Waals surface area contributed by atoms with Crippen molar-refractivity contribution < 1.29 is 4.52 Å². The quantitative estimate of drug-likeness (QED) is 0.747. The largest absolute Gasteiger partial charge is 0.361 e. The Morgan fingerprint density at radius 3 is 2.60 bits per heavy atom. The molecule has 0 aliphatic carbocycles. The van der Waals surface area contributed by atoms with Crippen LogP contribution < -0.4 is 0 Å². The highest BCUT2D eigenvalue weighted by Crippen LogP contribution is 2.22. The third-order valence-electron chi connectivity index (χ3n) is 3.01. The predicted molar refractivity (Wildman–Crippen MR) is 59.5 cm³/mol. The number of piperidine rings is 1. The third-order valence-corrected chi connectivity index (χ3v) is 3.01. The highest BCUT2D eigenvalue weighted by molar-refractivity contribution is 5.03. The minimum atomic E-state index is 0.807. The molecule has 2 atom stereocenters. The fraction of sp³-hybridized carbons (Fsp3) is 0.750. The van der Waals surface area contributed by atoms with Crippen molar-refractivity contribution >= 4 is 0 Å². The molecule has 1 aromatic rings. The van der Waals surface area contributed by atoms with E-state index >= 15 is 0 Å². The summed E-state index contributed by atoms with van der Waals surface area (Å²) in [7, 11) is 0. The maximum Gasteiger partial charge on any atom is 0.133 e. The average molecular weight is 208 g/mol. The molecule has 0 spiro atoms. The zero-order valence-electron chi connectivity index (χ0n) is 9.86. The van der Waals surface area contributed by atoms with Crippen LogP contribution in [-0.4, -0.2) is 23.1 Å². The van der Waals surface area contributed by atoms with Gasteiger partial charge in [0, 0.05) is 25.7 Å². The van der Waals surface area contributed by atoms with Crippen molar-refractivity contribution in [3.05, 3.63) is 17.5 Å². The van der Waals surface area contributed by atoms with E-state index in [2.05, 4.69) is 23.9 Å². The number of aromatic nitrogens is 1. The molecule has 1 saturated heterocycles. The third kappa shape index (κ3) is 2.81. The lowest BCUT2D eigenvalue weighted by molar-refractivity contribution is 0.131. The second-order valence-electron chi connectivity index (χ2n) is 5.07. The van der Waals surface area contributed by atoms with E-state index in [1.54, 1.807) is 0 Å². The van der Waals surface area contributed by atoms with Crippen molar-refractivity contribution in [1.82, 2.24) is 10.1 Å². The van der Waals surface area contributed by atoms with Gasteiger partial charge < -0.3 is 4.52 Å². The standard InChI is InChI=1S/C12H20N2O/c1-9-4-10(2)7-14(6-9)8-12-5-11(3)15-13-12/h5,9-10H,4,6-8H2,1-3H3. The van der Waals surface area contributed by atoms with E-state index in [-0.39, 0.29) is 0 Å². The molecule has 1 aliphatic rings. The Labute approximate surface area is 91.4 Å². The van der Waals surface area contributed by atoms with Crippen LogP contribution in [0.3, 0.4) is 0 Å². The second kappa shape index (κ2) is 4.35. The van der Waals surface area contributed by atoms with E-state index in [1.165, 1.54) is 19.5 Å². The molecule has 0 N–H and O–H groups in total. The smallest absolute Gasteiger partial charge is 0.133 e. The summed E-state index contributed by atoms with van der Waals surface area (Å²) < 4.78 is 5.08. The first-order valence-corrected chi connectivity index (χ1v) is 5.78. The first-order chi connectivity index (χ1) is 7.13. The molecule has 2 heterocycles. The molecule has 3 heteroatoms. The van der Waals surface area contributed by atoms with Crippen molar-refractivity contribution in [2.45, 2.75) is 33.7 Å². The molecule has 1 aromatic heterocycles. The van der Waals surface area contributed by atoms with Crippen molar-refractivity contribution in [3.63, 3.8) is 0 Å². The van der Waals surface area contributed by atoms with E-state index < -0.39 is 0 Å². The molecular formula is C12H20N2O. The SMILES string of the molecule is Cc1cc(CN2CC(C)CC(C)C2)no1. The van der Waals surface area contributed by atoms with Crippen LogP contribution in [0.25, 0.3) is 0 Å². The minimum absolute atomic E-state index is 0.807. The van der Waals surface area contributed by atoms with Gasteiger partial charge in [-0.25, -0.2) is 0 Å². The van der Waals surface area contributed by atoms with Gasteiger partial charge in [-0.1, -0.05) is 19.0 Å². The molecule has 1 fully saturated rings. The summed E-state index contributed by atoms with van der Waals surface area (Å²) in [5.74, 6) is 2.52. The molecule has 0 saturated carbocycles. The number of nitrogens with zero attached hydrogens (tertiary/aromatic N) is 2. The van der Waals surface area contributed by atoms with Crippen molar-refractivity contribution in [3.8, 4) is 0 Å². The first-order valence-electron chi connectivity index (χ1n) is 5.78. The first kappa shape index (κ1) is 10.7. The van der Waals surface area contributed by atoms with Gasteiger partial charge in [0.25, 0.3) is 0 Å². The van der Waals surface area contributed by atoms with Gasteiger partial charge in [0.2, 0.25) is 0 Å². The number of aryl methyl sites for hydroxylation is 1. The van der Waals surface area contributed by atoms with E-state index in [0.717, 1.165) is 29.8 Å². The zero-order valence-corrected chi connectivity index (χ0v) is 9.86. The van der Waals surface area contributed by atoms with Gasteiger partial charge in [-0.05, 0) is 25.2 Å². The van der Waals surface area contributed by atoms with Gasteiger partial charge in [-0.3, -0.25) is 4.90 Å². The number of hydrogen-bond acceptors (Lipinski definition) is 3. The summed E-state index contributed by atoms with van der Waals surface area (Å²) in [6, 6.07) is 2.03. The maximum absolute atomic E-state index is 5.08. The summed E-state index contributed by atoms with van der Waals surface area (Å²) in [6.45, 7) is 9.92. The summed E-state index contributed by atoms with van der Waals surface area (Å²) in [5, 5.41) is 4.04. The molecule has 2 rings (SSSR count). The number of rotatable bonds is 2. The monoisotopic (exact) mass is 208 g/mol. The molecule has 84 valence electrons. The normalized spacial score (nSPS) is 28.2. The van der Waals surface area contributed by atoms with Gasteiger partial charge in [0.1, 0.15) is 5.76 Å². The lowest BCUT2D eigenvalue weighted by Crippen LogP contribution is -2.38. The lowest BCUT2D eigenvalue weighted by Gasteiger charge is -2.34. The molecule has 15 heavy (non-hydrogen) atoms. The fourth-order valence-corrected chi connectivity index (χ4v) is 2.64.